The number of aliphatic hydroxyl groups is 1. The second-order valence-corrected chi connectivity index (χ2v) is 3.75. The number of carbonyl (C=O) groups is 2. The first kappa shape index (κ1) is 14.8. The second-order valence-electron chi connectivity index (χ2n) is 3.75. The van der Waals surface area contributed by atoms with Gasteiger partial charge in [-0.3, -0.25) is 10.1 Å². The van der Waals surface area contributed by atoms with Gasteiger partial charge in [0, 0.05) is 5.56 Å². The minimum absolute atomic E-state index is 0.267. The number of ether oxygens (including phenoxy) is 2. The third kappa shape index (κ3) is 4.14. The summed E-state index contributed by atoms with van der Waals surface area (Å²) in [5.41, 5.74) is 5.31. The molecule has 0 bridgehead atoms. The minimum atomic E-state index is -0.947. The fraction of sp³-hybridized carbons (Fsp3) is 0.333. The zero-order valence-electron chi connectivity index (χ0n) is 10.7. The van der Waals surface area contributed by atoms with Crippen LogP contribution in [0, 0.1) is 0 Å². The number of aliphatic hydroxyl groups excluding tert-OH is 1. The molecule has 0 aromatic heterocycles. The molecule has 0 radical (unpaired) electrons. The Morgan fingerprint density at radius 3 is 2.68 bits per heavy atom. The number of hydrogen-bond donors (Lipinski definition) is 3. The Hall–Kier alpha value is -2.28. The van der Waals surface area contributed by atoms with E-state index in [0.29, 0.717) is 17.1 Å². The standard InChI is InChI=1S/C12H16N2O5/c1-7(11(16)14-12(13)17)19-10-4-3-9(18-2)5-8(10)6-15/h3-5,7,15H,6H2,1-2H3,(H3,13,14,16,17). The summed E-state index contributed by atoms with van der Waals surface area (Å²) in [4.78, 5) is 22.0. The lowest BCUT2D eigenvalue weighted by Crippen LogP contribution is -2.42. The van der Waals surface area contributed by atoms with E-state index in [4.69, 9.17) is 15.2 Å². The van der Waals surface area contributed by atoms with Gasteiger partial charge in [0.15, 0.2) is 6.10 Å². The van der Waals surface area contributed by atoms with E-state index >= 15 is 0 Å². The summed E-state index contributed by atoms with van der Waals surface area (Å²) in [5.74, 6) is 0.230. The molecule has 7 heteroatoms. The van der Waals surface area contributed by atoms with Crippen molar-refractivity contribution < 1.29 is 24.2 Å². The highest BCUT2D eigenvalue weighted by molar-refractivity contribution is 5.95. The Labute approximate surface area is 110 Å². The highest BCUT2D eigenvalue weighted by atomic mass is 16.5. The Morgan fingerprint density at radius 1 is 1.47 bits per heavy atom. The SMILES string of the molecule is COc1ccc(OC(C)C(=O)NC(N)=O)c(CO)c1. The molecule has 3 amide bonds. The van der Waals surface area contributed by atoms with Crippen LogP contribution in [-0.4, -0.2) is 30.3 Å². The number of hydrogen-bond acceptors (Lipinski definition) is 5. The van der Waals surface area contributed by atoms with Crippen molar-refractivity contribution in [3.05, 3.63) is 23.8 Å². The van der Waals surface area contributed by atoms with Crippen LogP contribution in [0.5, 0.6) is 11.5 Å². The van der Waals surface area contributed by atoms with Crippen LogP contribution in [0.3, 0.4) is 0 Å². The summed E-state index contributed by atoms with van der Waals surface area (Å²) < 4.78 is 10.4. The smallest absolute Gasteiger partial charge is 0.318 e. The predicted molar refractivity (Wildman–Crippen MR) is 66.7 cm³/mol. The minimum Gasteiger partial charge on any atom is -0.497 e. The number of rotatable bonds is 5. The molecule has 1 aromatic rings. The molecule has 1 rings (SSSR count). The molecule has 0 aliphatic heterocycles. The van der Waals surface area contributed by atoms with E-state index in [9.17, 15) is 14.7 Å². The molecular weight excluding hydrogens is 252 g/mol. The molecule has 0 heterocycles. The molecule has 4 N–H and O–H groups in total. The van der Waals surface area contributed by atoms with Crippen LogP contribution < -0.4 is 20.5 Å². The zero-order valence-corrected chi connectivity index (χ0v) is 10.7. The maximum absolute atomic E-state index is 11.5. The maximum atomic E-state index is 11.5. The fourth-order valence-corrected chi connectivity index (χ4v) is 1.39. The lowest BCUT2D eigenvalue weighted by atomic mass is 10.2. The van der Waals surface area contributed by atoms with Crippen LogP contribution >= 0.6 is 0 Å². The maximum Gasteiger partial charge on any atom is 0.318 e. The molecule has 0 saturated carbocycles. The van der Waals surface area contributed by atoms with Crippen molar-refractivity contribution in [3.63, 3.8) is 0 Å². The van der Waals surface area contributed by atoms with E-state index in [1.165, 1.54) is 14.0 Å². The molecule has 19 heavy (non-hydrogen) atoms. The lowest BCUT2D eigenvalue weighted by molar-refractivity contribution is -0.126. The number of benzene rings is 1. The lowest BCUT2D eigenvalue weighted by Gasteiger charge is -2.16. The van der Waals surface area contributed by atoms with Gasteiger partial charge in [-0.1, -0.05) is 0 Å². The van der Waals surface area contributed by atoms with Crippen LogP contribution in [0.1, 0.15) is 12.5 Å². The molecule has 0 spiro atoms. The summed E-state index contributed by atoms with van der Waals surface area (Å²) in [5, 5.41) is 11.1. The molecule has 1 atom stereocenters. The number of amides is 3. The number of carbonyl (C=O) groups excluding carboxylic acids is 2. The normalized spacial score (nSPS) is 11.5. The van der Waals surface area contributed by atoms with E-state index in [0.717, 1.165) is 0 Å². The van der Waals surface area contributed by atoms with Gasteiger partial charge in [0.25, 0.3) is 5.91 Å². The fourth-order valence-electron chi connectivity index (χ4n) is 1.39. The Kier molecular flexibility index (Phi) is 5.13. The number of nitrogens with one attached hydrogen (secondary N) is 1. The van der Waals surface area contributed by atoms with Gasteiger partial charge in [-0.25, -0.2) is 4.79 Å². The van der Waals surface area contributed by atoms with Crippen molar-refractivity contribution in [2.45, 2.75) is 19.6 Å². The summed E-state index contributed by atoms with van der Waals surface area (Å²) in [7, 11) is 1.50. The van der Waals surface area contributed by atoms with E-state index in [2.05, 4.69) is 0 Å². The van der Waals surface area contributed by atoms with E-state index in [1.54, 1.807) is 18.2 Å². The van der Waals surface area contributed by atoms with Gasteiger partial charge in [-0.15, -0.1) is 0 Å². The summed E-state index contributed by atoms with van der Waals surface area (Å²) >= 11 is 0. The van der Waals surface area contributed by atoms with Crippen LogP contribution in [0.15, 0.2) is 18.2 Å². The van der Waals surface area contributed by atoms with Gasteiger partial charge in [0.1, 0.15) is 11.5 Å². The Morgan fingerprint density at radius 2 is 2.16 bits per heavy atom. The van der Waals surface area contributed by atoms with Crippen LogP contribution in [-0.2, 0) is 11.4 Å². The predicted octanol–water partition coefficient (Wildman–Crippen LogP) is 0.150. The van der Waals surface area contributed by atoms with Gasteiger partial charge in [-0.05, 0) is 25.1 Å². The van der Waals surface area contributed by atoms with Crippen LogP contribution in [0.2, 0.25) is 0 Å². The largest absolute Gasteiger partial charge is 0.497 e. The first-order chi connectivity index (χ1) is 8.97. The molecular formula is C12H16N2O5. The molecule has 0 saturated heterocycles. The Bertz CT molecular complexity index is 475. The van der Waals surface area contributed by atoms with Gasteiger partial charge in [-0.2, -0.15) is 0 Å². The third-order valence-electron chi connectivity index (χ3n) is 2.36. The van der Waals surface area contributed by atoms with Crippen molar-refractivity contribution in [1.29, 1.82) is 0 Å². The van der Waals surface area contributed by atoms with Crippen molar-refractivity contribution >= 4 is 11.9 Å². The van der Waals surface area contributed by atoms with Gasteiger partial charge in [0.2, 0.25) is 0 Å². The van der Waals surface area contributed by atoms with Crippen LogP contribution in [0.25, 0.3) is 0 Å². The number of nitrogens with two attached hydrogens (primary N) is 1. The third-order valence-corrected chi connectivity index (χ3v) is 2.36. The topological polar surface area (TPSA) is 111 Å². The van der Waals surface area contributed by atoms with Crippen molar-refractivity contribution in [2.75, 3.05) is 7.11 Å². The summed E-state index contributed by atoms with van der Waals surface area (Å²) in [6.07, 6.45) is -0.925. The van der Waals surface area contributed by atoms with E-state index in [-0.39, 0.29) is 6.61 Å². The number of methoxy groups -OCH3 is 1. The quantitative estimate of drug-likeness (QED) is 0.704. The van der Waals surface area contributed by atoms with Gasteiger partial charge in [0.05, 0.1) is 13.7 Å². The molecule has 1 unspecified atom stereocenters. The summed E-state index contributed by atoms with van der Waals surface area (Å²) in [6, 6.07) is 3.84. The van der Waals surface area contributed by atoms with Crippen LogP contribution in [0.4, 0.5) is 4.79 Å². The Balaban J connectivity index is 2.81. The molecule has 0 aliphatic rings. The number of primary amides is 1. The second kappa shape index (κ2) is 6.60. The molecule has 104 valence electrons. The van der Waals surface area contributed by atoms with E-state index in [1.807, 2.05) is 5.32 Å². The van der Waals surface area contributed by atoms with Crippen molar-refractivity contribution in [3.8, 4) is 11.5 Å². The van der Waals surface area contributed by atoms with E-state index < -0.39 is 18.0 Å². The summed E-state index contributed by atoms with van der Waals surface area (Å²) in [6.45, 7) is 1.19. The van der Waals surface area contributed by atoms with Crippen molar-refractivity contribution in [1.82, 2.24) is 5.32 Å². The highest BCUT2D eigenvalue weighted by Crippen LogP contribution is 2.25. The molecule has 7 nitrogen and oxygen atoms in total. The first-order valence-corrected chi connectivity index (χ1v) is 5.52. The number of urea groups is 1. The first-order valence-electron chi connectivity index (χ1n) is 5.52. The highest BCUT2D eigenvalue weighted by Gasteiger charge is 2.17. The average molecular weight is 268 g/mol. The molecule has 1 aromatic carbocycles. The molecule has 0 fully saturated rings. The number of imide groups is 1. The van der Waals surface area contributed by atoms with Crippen molar-refractivity contribution in [2.24, 2.45) is 5.73 Å². The molecule has 0 aliphatic carbocycles. The van der Waals surface area contributed by atoms with Gasteiger partial charge < -0.3 is 20.3 Å². The monoisotopic (exact) mass is 268 g/mol. The average Bonchev–Trinajstić information content (AvgIpc) is 2.38. The zero-order chi connectivity index (χ0) is 14.4. The van der Waals surface area contributed by atoms with Gasteiger partial charge >= 0.3 is 6.03 Å².